The zero-order valence-corrected chi connectivity index (χ0v) is 13.9. The molecule has 24 heavy (non-hydrogen) atoms. The first-order valence-corrected chi connectivity index (χ1v) is 7.53. The fraction of sp³-hybridized carbons (Fsp3) is 0.125. The molecule has 0 N–H and O–H groups in total. The van der Waals surface area contributed by atoms with E-state index in [1.807, 2.05) is 0 Å². The molecule has 0 aliphatic heterocycles. The Bertz CT molecular complexity index is 834. The van der Waals surface area contributed by atoms with Gasteiger partial charge in [-0.05, 0) is 24.3 Å². The summed E-state index contributed by atoms with van der Waals surface area (Å²) in [5.74, 6) is 0.689. The van der Waals surface area contributed by atoms with E-state index in [0.717, 1.165) is 0 Å². The van der Waals surface area contributed by atoms with Gasteiger partial charge in [0.05, 0.1) is 29.0 Å². The average molecular weight is 368 g/mol. The van der Waals surface area contributed by atoms with Crippen LogP contribution in [0.25, 0.3) is 11.5 Å². The summed E-state index contributed by atoms with van der Waals surface area (Å²) in [7, 11) is 1.44. The predicted octanol–water partition coefficient (Wildman–Crippen LogP) is 4.61. The molecule has 3 aromatic rings. The summed E-state index contributed by atoms with van der Waals surface area (Å²) < 4.78 is 20.5. The van der Waals surface area contributed by atoms with E-state index in [1.54, 1.807) is 18.2 Å². The number of carbonyl (C=O) groups is 1. The molecule has 0 saturated carbocycles. The van der Waals surface area contributed by atoms with E-state index in [9.17, 15) is 4.79 Å². The fourth-order valence-electron chi connectivity index (χ4n) is 2.01. The Balaban J connectivity index is 1.68. The van der Waals surface area contributed by atoms with Gasteiger partial charge in [-0.15, -0.1) is 0 Å². The van der Waals surface area contributed by atoms with Gasteiger partial charge in [-0.1, -0.05) is 28.4 Å². The Hall–Kier alpha value is -2.44. The molecule has 0 aliphatic carbocycles. The molecule has 0 radical (unpaired) electrons. The van der Waals surface area contributed by atoms with Crippen LogP contribution in [0.4, 0.5) is 0 Å². The van der Waals surface area contributed by atoms with Crippen molar-refractivity contribution in [3.05, 3.63) is 57.9 Å². The molecule has 8 heteroatoms. The van der Waals surface area contributed by atoms with Gasteiger partial charge in [0, 0.05) is 6.07 Å². The van der Waals surface area contributed by atoms with Gasteiger partial charge >= 0.3 is 5.97 Å². The summed E-state index contributed by atoms with van der Waals surface area (Å²) in [6, 6.07) is 7.93. The molecule has 3 rings (SSSR count). The van der Waals surface area contributed by atoms with Crippen molar-refractivity contribution >= 4 is 29.2 Å². The van der Waals surface area contributed by atoms with Gasteiger partial charge in [-0.3, -0.25) is 0 Å². The topological polar surface area (TPSA) is 74.7 Å². The van der Waals surface area contributed by atoms with Crippen molar-refractivity contribution in [1.29, 1.82) is 0 Å². The summed E-state index contributed by atoms with van der Waals surface area (Å²) in [5, 5.41) is 4.26. The summed E-state index contributed by atoms with van der Waals surface area (Å²) in [6.07, 6.45) is 1.52. The minimum absolute atomic E-state index is 0.0652. The molecule has 0 atom stereocenters. The maximum absolute atomic E-state index is 12.1. The van der Waals surface area contributed by atoms with Crippen LogP contribution in [-0.2, 0) is 11.3 Å². The number of nitrogens with zero attached hydrogens (tertiary/aromatic N) is 1. The number of aromatic nitrogens is 1. The zero-order valence-electron chi connectivity index (χ0n) is 12.4. The normalized spacial score (nSPS) is 10.6. The number of methoxy groups -OCH3 is 1. The number of esters is 1. The minimum atomic E-state index is -0.594. The number of ether oxygens (including phenoxy) is 2. The highest BCUT2D eigenvalue weighted by Gasteiger charge is 2.16. The quantitative estimate of drug-likeness (QED) is 0.613. The molecular formula is C16H11Cl2NO5. The first-order valence-electron chi connectivity index (χ1n) is 6.78. The molecule has 0 saturated heterocycles. The second-order valence-corrected chi connectivity index (χ2v) is 5.52. The molecule has 2 aromatic heterocycles. The van der Waals surface area contributed by atoms with E-state index >= 15 is 0 Å². The lowest BCUT2D eigenvalue weighted by molar-refractivity contribution is 0.0464. The molecule has 0 amide bonds. The standard InChI is InChI=1S/C16H11Cl2NO5/c1-21-15-11(17)5-9(6-12(15)18)16(20)23-8-10-7-14(24-19-10)13-3-2-4-22-13/h2-7H,8H2,1H3. The number of furan rings is 1. The van der Waals surface area contributed by atoms with Gasteiger partial charge < -0.3 is 18.4 Å². The molecule has 0 fully saturated rings. The van der Waals surface area contributed by atoms with Gasteiger partial charge in [0.2, 0.25) is 5.76 Å². The van der Waals surface area contributed by atoms with Crippen LogP contribution in [0.3, 0.4) is 0 Å². The molecule has 6 nitrogen and oxygen atoms in total. The van der Waals surface area contributed by atoms with Crippen molar-refractivity contribution in [2.75, 3.05) is 7.11 Å². The monoisotopic (exact) mass is 367 g/mol. The first kappa shape index (κ1) is 16.4. The average Bonchev–Trinajstić information content (AvgIpc) is 3.23. The largest absolute Gasteiger partial charge is 0.494 e. The van der Waals surface area contributed by atoms with Gasteiger partial charge in [0.15, 0.2) is 11.5 Å². The predicted molar refractivity (Wildman–Crippen MR) is 86.3 cm³/mol. The van der Waals surface area contributed by atoms with E-state index in [1.165, 1.54) is 25.5 Å². The van der Waals surface area contributed by atoms with Crippen LogP contribution in [0.2, 0.25) is 10.0 Å². The summed E-state index contributed by atoms with van der Waals surface area (Å²) in [4.78, 5) is 12.1. The van der Waals surface area contributed by atoms with Crippen LogP contribution in [0.15, 0.2) is 45.5 Å². The van der Waals surface area contributed by atoms with Crippen LogP contribution in [-0.4, -0.2) is 18.2 Å². The highest BCUT2D eigenvalue weighted by Crippen LogP contribution is 2.34. The zero-order chi connectivity index (χ0) is 17.1. The maximum Gasteiger partial charge on any atom is 0.338 e. The number of hydrogen-bond donors (Lipinski definition) is 0. The van der Waals surface area contributed by atoms with Crippen LogP contribution in [0.5, 0.6) is 5.75 Å². The van der Waals surface area contributed by atoms with E-state index in [-0.39, 0.29) is 22.2 Å². The molecule has 0 aliphatic rings. The van der Waals surface area contributed by atoms with Crippen LogP contribution in [0.1, 0.15) is 16.1 Å². The lowest BCUT2D eigenvalue weighted by Gasteiger charge is -2.08. The lowest BCUT2D eigenvalue weighted by atomic mass is 10.2. The van der Waals surface area contributed by atoms with Crippen molar-refractivity contribution < 1.29 is 23.2 Å². The second-order valence-electron chi connectivity index (χ2n) is 4.71. The van der Waals surface area contributed by atoms with E-state index in [2.05, 4.69) is 5.16 Å². The van der Waals surface area contributed by atoms with Crippen molar-refractivity contribution in [1.82, 2.24) is 5.16 Å². The van der Waals surface area contributed by atoms with Gasteiger partial charge in [0.1, 0.15) is 12.3 Å². The Kier molecular flexibility index (Phi) is 4.78. The highest BCUT2D eigenvalue weighted by atomic mass is 35.5. The summed E-state index contributed by atoms with van der Waals surface area (Å²) in [5.41, 5.74) is 0.654. The van der Waals surface area contributed by atoms with Crippen LogP contribution >= 0.6 is 23.2 Å². The summed E-state index contributed by atoms with van der Waals surface area (Å²) in [6.45, 7) is -0.0652. The van der Waals surface area contributed by atoms with E-state index in [4.69, 9.17) is 41.6 Å². The number of hydrogen-bond acceptors (Lipinski definition) is 6. The first-order chi connectivity index (χ1) is 11.6. The molecule has 0 unspecified atom stereocenters. The Labute approximate surface area is 146 Å². The number of halogens is 2. The molecule has 1 aromatic carbocycles. The van der Waals surface area contributed by atoms with Crippen molar-refractivity contribution in [2.45, 2.75) is 6.61 Å². The maximum atomic E-state index is 12.1. The lowest BCUT2D eigenvalue weighted by Crippen LogP contribution is -2.06. The van der Waals surface area contributed by atoms with E-state index in [0.29, 0.717) is 23.0 Å². The van der Waals surface area contributed by atoms with Crippen molar-refractivity contribution in [3.8, 4) is 17.3 Å². The molecule has 0 bridgehead atoms. The SMILES string of the molecule is COc1c(Cl)cc(C(=O)OCc2cc(-c3ccco3)on2)cc1Cl. The fourth-order valence-corrected chi connectivity index (χ4v) is 2.65. The molecule has 2 heterocycles. The van der Waals surface area contributed by atoms with Crippen LogP contribution in [0, 0.1) is 0 Å². The molecule has 124 valence electrons. The number of rotatable bonds is 5. The van der Waals surface area contributed by atoms with Gasteiger partial charge in [-0.2, -0.15) is 0 Å². The van der Waals surface area contributed by atoms with Crippen molar-refractivity contribution in [3.63, 3.8) is 0 Å². The highest BCUT2D eigenvalue weighted by molar-refractivity contribution is 6.37. The third-order valence-corrected chi connectivity index (χ3v) is 3.67. The third-order valence-electron chi connectivity index (χ3n) is 3.11. The number of benzene rings is 1. The second kappa shape index (κ2) is 6.98. The Morgan fingerprint density at radius 2 is 1.96 bits per heavy atom. The number of carbonyl (C=O) groups excluding carboxylic acids is 1. The molecular weight excluding hydrogens is 357 g/mol. The minimum Gasteiger partial charge on any atom is -0.494 e. The third kappa shape index (κ3) is 3.39. The summed E-state index contributed by atoms with van der Waals surface area (Å²) >= 11 is 12.0. The van der Waals surface area contributed by atoms with E-state index < -0.39 is 5.97 Å². The van der Waals surface area contributed by atoms with Gasteiger partial charge in [-0.25, -0.2) is 4.79 Å². The van der Waals surface area contributed by atoms with Crippen molar-refractivity contribution in [2.24, 2.45) is 0 Å². The van der Waals surface area contributed by atoms with Gasteiger partial charge in [0.25, 0.3) is 0 Å². The van der Waals surface area contributed by atoms with Crippen LogP contribution < -0.4 is 4.74 Å². The smallest absolute Gasteiger partial charge is 0.338 e. The Morgan fingerprint density at radius 3 is 2.58 bits per heavy atom. The molecule has 0 spiro atoms. The Morgan fingerprint density at radius 1 is 1.21 bits per heavy atom.